The van der Waals surface area contributed by atoms with Crippen LogP contribution in [0.15, 0.2) is 24.3 Å². The van der Waals surface area contributed by atoms with Crippen LogP contribution in [-0.4, -0.2) is 23.9 Å². The highest BCUT2D eigenvalue weighted by molar-refractivity contribution is 5.78. The molecule has 0 spiro atoms. The van der Waals surface area contributed by atoms with E-state index in [1.54, 1.807) is 0 Å². The van der Waals surface area contributed by atoms with E-state index in [1.807, 2.05) is 4.90 Å². The Bertz CT molecular complexity index is 361. The summed E-state index contributed by atoms with van der Waals surface area (Å²) in [4.78, 5) is 14.2. The Kier molecular flexibility index (Phi) is 4.18. The maximum Gasteiger partial charge on any atom is 0.226 e. The summed E-state index contributed by atoms with van der Waals surface area (Å²) >= 11 is 0. The Morgan fingerprint density at radius 1 is 1.06 bits per heavy atom. The third-order valence-corrected chi connectivity index (χ3v) is 3.43. The number of hydrogen-bond donors (Lipinski definition) is 0. The highest BCUT2D eigenvalue weighted by Gasteiger charge is 2.15. The zero-order valence-corrected chi connectivity index (χ0v) is 10.6. The van der Waals surface area contributed by atoms with Crippen molar-refractivity contribution in [1.82, 2.24) is 4.90 Å². The van der Waals surface area contributed by atoms with Crippen LogP contribution in [0.1, 0.15) is 36.8 Å². The molecule has 0 aliphatic carbocycles. The lowest BCUT2D eigenvalue weighted by Gasteiger charge is -2.20. The quantitative estimate of drug-likeness (QED) is 0.766. The molecule has 0 unspecified atom stereocenters. The van der Waals surface area contributed by atoms with Crippen LogP contribution < -0.4 is 0 Å². The highest BCUT2D eigenvalue weighted by Crippen LogP contribution is 2.12. The number of hydrogen-bond acceptors (Lipinski definition) is 1. The fraction of sp³-hybridized carbons (Fsp3) is 0.533. The smallest absolute Gasteiger partial charge is 0.226 e. The Labute approximate surface area is 104 Å². The molecule has 1 aliphatic heterocycles. The van der Waals surface area contributed by atoms with E-state index in [4.69, 9.17) is 0 Å². The van der Waals surface area contributed by atoms with Crippen molar-refractivity contribution in [2.75, 3.05) is 13.1 Å². The van der Waals surface area contributed by atoms with Gasteiger partial charge in [0.15, 0.2) is 0 Å². The van der Waals surface area contributed by atoms with Gasteiger partial charge < -0.3 is 4.90 Å². The van der Waals surface area contributed by atoms with Crippen molar-refractivity contribution in [2.45, 2.75) is 39.0 Å². The second kappa shape index (κ2) is 5.85. The van der Waals surface area contributed by atoms with Crippen LogP contribution >= 0.6 is 0 Å². The van der Waals surface area contributed by atoms with Crippen LogP contribution in [0.3, 0.4) is 0 Å². The molecule has 2 nitrogen and oxygen atoms in total. The van der Waals surface area contributed by atoms with Crippen molar-refractivity contribution in [3.8, 4) is 0 Å². The Balaban J connectivity index is 1.93. The topological polar surface area (TPSA) is 20.3 Å². The van der Waals surface area contributed by atoms with Gasteiger partial charge in [0.05, 0.1) is 6.42 Å². The van der Waals surface area contributed by atoms with E-state index in [-0.39, 0.29) is 5.91 Å². The number of amides is 1. The van der Waals surface area contributed by atoms with Crippen LogP contribution in [0.4, 0.5) is 0 Å². The predicted octanol–water partition coefficient (Wildman–Crippen LogP) is 2.94. The summed E-state index contributed by atoms with van der Waals surface area (Å²) in [5, 5.41) is 0. The standard InChI is InChI=1S/C15H21NO/c1-13-6-8-14(9-7-13)12-15(17)16-10-4-2-3-5-11-16/h6-9H,2-5,10-12H2,1H3. The second-order valence-electron chi connectivity index (χ2n) is 4.96. The molecule has 1 heterocycles. The maximum absolute atomic E-state index is 12.1. The summed E-state index contributed by atoms with van der Waals surface area (Å²) < 4.78 is 0. The van der Waals surface area contributed by atoms with Gasteiger partial charge in [-0.2, -0.15) is 0 Å². The third-order valence-electron chi connectivity index (χ3n) is 3.43. The minimum absolute atomic E-state index is 0.288. The monoisotopic (exact) mass is 231 g/mol. The first-order chi connectivity index (χ1) is 8.25. The van der Waals surface area contributed by atoms with Gasteiger partial charge in [0.1, 0.15) is 0 Å². The zero-order chi connectivity index (χ0) is 12.1. The van der Waals surface area contributed by atoms with Gasteiger partial charge in [-0.15, -0.1) is 0 Å². The van der Waals surface area contributed by atoms with Gasteiger partial charge in [0, 0.05) is 13.1 Å². The van der Waals surface area contributed by atoms with Crippen molar-refractivity contribution >= 4 is 5.91 Å². The van der Waals surface area contributed by atoms with E-state index in [0.29, 0.717) is 6.42 Å². The summed E-state index contributed by atoms with van der Waals surface area (Å²) in [6.45, 7) is 3.97. The minimum Gasteiger partial charge on any atom is -0.342 e. The third kappa shape index (κ3) is 3.58. The Morgan fingerprint density at radius 3 is 2.24 bits per heavy atom. The van der Waals surface area contributed by atoms with E-state index in [9.17, 15) is 4.79 Å². The van der Waals surface area contributed by atoms with E-state index >= 15 is 0 Å². The molecule has 1 amide bonds. The first kappa shape index (κ1) is 12.2. The van der Waals surface area contributed by atoms with Crippen LogP contribution in [-0.2, 0) is 11.2 Å². The summed E-state index contributed by atoms with van der Waals surface area (Å²) in [5.74, 6) is 0.288. The number of rotatable bonds is 2. The molecule has 1 aromatic carbocycles. The van der Waals surface area contributed by atoms with Crippen molar-refractivity contribution in [3.63, 3.8) is 0 Å². The zero-order valence-electron chi connectivity index (χ0n) is 10.6. The number of carbonyl (C=O) groups is 1. The van der Waals surface area contributed by atoms with E-state index in [1.165, 1.54) is 31.2 Å². The van der Waals surface area contributed by atoms with Crippen molar-refractivity contribution < 1.29 is 4.79 Å². The van der Waals surface area contributed by atoms with Crippen LogP contribution in [0, 0.1) is 6.92 Å². The lowest BCUT2D eigenvalue weighted by molar-refractivity contribution is -0.130. The Morgan fingerprint density at radius 2 is 1.65 bits per heavy atom. The van der Waals surface area contributed by atoms with Gasteiger partial charge in [0.25, 0.3) is 0 Å². The molecular formula is C15H21NO. The molecule has 1 saturated heterocycles. The summed E-state index contributed by atoms with van der Waals surface area (Å²) in [6.07, 6.45) is 5.43. The molecular weight excluding hydrogens is 210 g/mol. The summed E-state index contributed by atoms with van der Waals surface area (Å²) in [7, 11) is 0. The molecule has 2 heteroatoms. The number of nitrogens with zero attached hydrogens (tertiary/aromatic N) is 1. The highest BCUT2D eigenvalue weighted by atomic mass is 16.2. The van der Waals surface area contributed by atoms with Crippen molar-refractivity contribution in [3.05, 3.63) is 35.4 Å². The minimum atomic E-state index is 0.288. The summed E-state index contributed by atoms with van der Waals surface area (Å²) in [5.41, 5.74) is 2.38. The first-order valence-corrected chi connectivity index (χ1v) is 6.59. The van der Waals surface area contributed by atoms with Gasteiger partial charge in [-0.05, 0) is 25.3 Å². The first-order valence-electron chi connectivity index (χ1n) is 6.59. The molecule has 1 aromatic rings. The van der Waals surface area contributed by atoms with Crippen LogP contribution in [0.2, 0.25) is 0 Å². The van der Waals surface area contributed by atoms with E-state index < -0.39 is 0 Å². The van der Waals surface area contributed by atoms with Gasteiger partial charge in [0.2, 0.25) is 5.91 Å². The fourth-order valence-electron chi connectivity index (χ4n) is 2.31. The van der Waals surface area contributed by atoms with Gasteiger partial charge in [-0.3, -0.25) is 4.79 Å². The molecule has 0 saturated carbocycles. The van der Waals surface area contributed by atoms with Crippen molar-refractivity contribution in [1.29, 1.82) is 0 Å². The molecule has 1 aliphatic rings. The molecule has 92 valence electrons. The van der Waals surface area contributed by atoms with Crippen LogP contribution in [0.25, 0.3) is 0 Å². The number of carbonyl (C=O) groups excluding carboxylic acids is 1. The molecule has 2 rings (SSSR count). The molecule has 1 fully saturated rings. The lowest BCUT2D eigenvalue weighted by atomic mass is 10.1. The Hall–Kier alpha value is -1.31. The average molecular weight is 231 g/mol. The van der Waals surface area contributed by atoms with Gasteiger partial charge in [-0.25, -0.2) is 0 Å². The molecule has 0 radical (unpaired) electrons. The molecule has 0 aromatic heterocycles. The second-order valence-corrected chi connectivity index (χ2v) is 4.96. The lowest BCUT2D eigenvalue weighted by Crippen LogP contribution is -2.33. The molecule has 0 atom stereocenters. The van der Waals surface area contributed by atoms with Crippen LogP contribution in [0.5, 0.6) is 0 Å². The van der Waals surface area contributed by atoms with Crippen molar-refractivity contribution in [2.24, 2.45) is 0 Å². The predicted molar refractivity (Wildman–Crippen MR) is 69.9 cm³/mol. The maximum atomic E-state index is 12.1. The van der Waals surface area contributed by atoms with Gasteiger partial charge in [-0.1, -0.05) is 42.7 Å². The SMILES string of the molecule is Cc1ccc(CC(=O)N2CCCCCC2)cc1. The number of aryl methyl sites for hydroxylation is 1. The van der Waals surface area contributed by atoms with E-state index in [2.05, 4.69) is 31.2 Å². The normalized spacial score (nSPS) is 16.6. The largest absolute Gasteiger partial charge is 0.342 e. The fourth-order valence-corrected chi connectivity index (χ4v) is 2.31. The summed E-state index contributed by atoms with van der Waals surface area (Å²) in [6, 6.07) is 8.27. The van der Waals surface area contributed by atoms with E-state index in [0.717, 1.165) is 18.7 Å². The molecule has 0 N–H and O–H groups in total. The molecule has 0 bridgehead atoms. The van der Waals surface area contributed by atoms with Gasteiger partial charge >= 0.3 is 0 Å². The number of benzene rings is 1. The molecule has 17 heavy (non-hydrogen) atoms. The average Bonchev–Trinajstić information content (AvgIpc) is 2.61. The number of likely N-dealkylation sites (tertiary alicyclic amines) is 1.